The summed E-state index contributed by atoms with van der Waals surface area (Å²) in [5, 5.41) is 5.73. The quantitative estimate of drug-likeness (QED) is 0.820. The maximum absolute atomic E-state index is 11.9. The summed E-state index contributed by atoms with van der Waals surface area (Å²) in [6.07, 6.45) is 0. The van der Waals surface area contributed by atoms with Crippen LogP contribution in [0.15, 0.2) is 24.3 Å². The van der Waals surface area contributed by atoms with E-state index in [4.69, 9.17) is 11.6 Å². The van der Waals surface area contributed by atoms with Crippen molar-refractivity contribution in [2.24, 2.45) is 0 Å². The molecule has 0 bridgehead atoms. The van der Waals surface area contributed by atoms with Crippen LogP contribution in [0.1, 0.15) is 24.2 Å². The van der Waals surface area contributed by atoms with Crippen LogP contribution in [0.5, 0.6) is 0 Å². The lowest BCUT2D eigenvalue weighted by Crippen LogP contribution is -2.44. The van der Waals surface area contributed by atoms with Crippen LogP contribution in [0, 0.1) is 0 Å². The molecule has 0 aliphatic heterocycles. The Labute approximate surface area is 134 Å². The number of nitrogens with zero attached hydrogens (tertiary/aromatic N) is 1. The molecule has 0 spiro atoms. The second-order valence-electron chi connectivity index (χ2n) is 5.16. The van der Waals surface area contributed by atoms with E-state index in [0.29, 0.717) is 10.6 Å². The van der Waals surface area contributed by atoms with Gasteiger partial charge >= 0.3 is 0 Å². The first-order chi connectivity index (χ1) is 10.3. The van der Waals surface area contributed by atoms with E-state index in [1.54, 1.807) is 24.3 Å². The van der Waals surface area contributed by atoms with Crippen molar-refractivity contribution >= 4 is 29.3 Å². The fourth-order valence-corrected chi connectivity index (χ4v) is 1.79. The molecule has 22 heavy (non-hydrogen) atoms. The van der Waals surface area contributed by atoms with Crippen LogP contribution in [0.3, 0.4) is 0 Å². The van der Waals surface area contributed by atoms with Crippen molar-refractivity contribution in [1.82, 2.24) is 15.5 Å². The highest BCUT2D eigenvalue weighted by molar-refractivity contribution is 6.30. The van der Waals surface area contributed by atoms with E-state index in [1.807, 2.05) is 13.8 Å². The van der Waals surface area contributed by atoms with Gasteiger partial charge in [0.2, 0.25) is 11.8 Å². The highest BCUT2D eigenvalue weighted by Crippen LogP contribution is 2.09. The minimum atomic E-state index is -0.370. The Kier molecular flexibility index (Phi) is 6.85. The standard InChI is InChI=1S/C15H20ClN3O3/c1-10(2)18-13(20)9-19(3)14(21)8-17-15(22)11-4-6-12(16)7-5-11/h4-7,10H,8-9H2,1-3H3,(H,17,22)(H,18,20). The third-order valence-corrected chi connectivity index (χ3v) is 3.01. The molecular weight excluding hydrogens is 306 g/mol. The van der Waals surface area contributed by atoms with Crippen LogP contribution < -0.4 is 10.6 Å². The molecule has 0 aliphatic carbocycles. The van der Waals surface area contributed by atoms with E-state index in [9.17, 15) is 14.4 Å². The zero-order chi connectivity index (χ0) is 16.7. The summed E-state index contributed by atoms with van der Waals surface area (Å²) in [4.78, 5) is 36.5. The van der Waals surface area contributed by atoms with E-state index in [1.165, 1.54) is 11.9 Å². The minimum absolute atomic E-state index is 0.0145. The molecule has 3 amide bonds. The van der Waals surface area contributed by atoms with E-state index in [0.717, 1.165) is 0 Å². The second kappa shape index (κ2) is 8.38. The van der Waals surface area contributed by atoms with Crippen LogP contribution >= 0.6 is 11.6 Å². The average Bonchev–Trinajstić information content (AvgIpc) is 2.44. The summed E-state index contributed by atoms with van der Waals surface area (Å²) in [6, 6.07) is 6.35. The predicted molar refractivity (Wildman–Crippen MR) is 84.7 cm³/mol. The summed E-state index contributed by atoms with van der Waals surface area (Å²) in [6.45, 7) is 3.46. The molecule has 6 nitrogen and oxygen atoms in total. The van der Waals surface area contributed by atoms with Gasteiger partial charge in [-0.05, 0) is 38.1 Å². The third-order valence-electron chi connectivity index (χ3n) is 2.76. The van der Waals surface area contributed by atoms with Gasteiger partial charge in [-0.15, -0.1) is 0 Å². The third kappa shape index (κ3) is 6.13. The zero-order valence-electron chi connectivity index (χ0n) is 12.9. The topological polar surface area (TPSA) is 78.5 Å². The number of nitrogens with one attached hydrogen (secondary N) is 2. The monoisotopic (exact) mass is 325 g/mol. The van der Waals surface area contributed by atoms with Gasteiger partial charge < -0.3 is 15.5 Å². The Hall–Kier alpha value is -2.08. The van der Waals surface area contributed by atoms with Crippen LogP contribution in [-0.2, 0) is 9.59 Å². The first kappa shape index (κ1) is 18.0. The summed E-state index contributed by atoms with van der Waals surface area (Å²) in [7, 11) is 1.51. The predicted octanol–water partition coefficient (Wildman–Crippen LogP) is 1.05. The van der Waals surface area contributed by atoms with Gasteiger partial charge in [0.05, 0.1) is 13.1 Å². The molecule has 0 heterocycles. The lowest BCUT2D eigenvalue weighted by Gasteiger charge is -2.18. The lowest BCUT2D eigenvalue weighted by atomic mass is 10.2. The first-order valence-electron chi connectivity index (χ1n) is 6.86. The molecule has 0 atom stereocenters. The molecular formula is C15H20ClN3O3. The van der Waals surface area contributed by atoms with E-state index in [-0.39, 0.29) is 36.9 Å². The van der Waals surface area contributed by atoms with Crippen LogP contribution in [0.25, 0.3) is 0 Å². The van der Waals surface area contributed by atoms with Gasteiger partial charge in [-0.1, -0.05) is 11.6 Å². The van der Waals surface area contributed by atoms with E-state index < -0.39 is 0 Å². The van der Waals surface area contributed by atoms with Crippen molar-refractivity contribution in [2.75, 3.05) is 20.1 Å². The molecule has 0 saturated carbocycles. The van der Waals surface area contributed by atoms with Crippen molar-refractivity contribution in [3.63, 3.8) is 0 Å². The van der Waals surface area contributed by atoms with Crippen molar-refractivity contribution in [3.05, 3.63) is 34.9 Å². The van der Waals surface area contributed by atoms with Gasteiger partial charge in [-0.2, -0.15) is 0 Å². The molecule has 0 aromatic heterocycles. The fraction of sp³-hybridized carbons (Fsp3) is 0.400. The Morgan fingerprint density at radius 1 is 1.18 bits per heavy atom. The molecule has 0 aliphatic rings. The minimum Gasteiger partial charge on any atom is -0.352 e. The Morgan fingerprint density at radius 3 is 2.32 bits per heavy atom. The van der Waals surface area contributed by atoms with Gasteiger partial charge in [0.1, 0.15) is 0 Å². The number of carbonyl (C=O) groups is 3. The van der Waals surface area contributed by atoms with Gasteiger partial charge in [0.25, 0.3) is 5.91 Å². The number of benzene rings is 1. The van der Waals surface area contributed by atoms with Crippen molar-refractivity contribution in [2.45, 2.75) is 19.9 Å². The summed E-state index contributed by atoms with van der Waals surface area (Å²) in [5.74, 6) is -0.957. The molecule has 7 heteroatoms. The number of hydrogen-bond donors (Lipinski definition) is 2. The van der Waals surface area contributed by atoms with Gasteiger partial charge in [-0.3, -0.25) is 14.4 Å². The molecule has 120 valence electrons. The van der Waals surface area contributed by atoms with E-state index >= 15 is 0 Å². The maximum Gasteiger partial charge on any atom is 0.251 e. The molecule has 1 aromatic rings. The average molecular weight is 326 g/mol. The van der Waals surface area contributed by atoms with Crippen LogP contribution in [-0.4, -0.2) is 48.8 Å². The van der Waals surface area contributed by atoms with Gasteiger partial charge in [-0.25, -0.2) is 0 Å². The fourth-order valence-electron chi connectivity index (χ4n) is 1.67. The number of carbonyl (C=O) groups excluding carboxylic acids is 3. The van der Waals surface area contributed by atoms with Crippen LogP contribution in [0.4, 0.5) is 0 Å². The summed E-state index contributed by atoms with van der Waals surface area (Å²) >= 11 is 5.74. The molecule has 0 radical (unpaired) electrons. The Balaban J connectivity index is 2.43. The molecule has 0 unspecified atom stereocenters. The second-order valence-corrected chi connectivity index (χ2v) is 5.60. The van der Waals surface area contributed by atoms with Gasteiger partial charge in [0, 0.05) is 23.7 Å². The number of halogens is 1. The highest BCUT2D eigenvalue weighted by atomic mass is 35.5. The highest BCUT2D eigenvalue weighted by Gasteiger charge is 2.14. The number of amides is 3. The normalized spacial score (nSPS) is 10.2. The number of likely N-dealkylation sites (N-methyl/N-ethyl adjacent to an activating group) is 1. The number of rotatable bonds is 6. The smallest absolute Gasteiger partial charge is 0.251 e. The van der Waals surface area contributed by atoms with Gasteiger partial charge in [0.15, 0.2) is 0 Å². The molecule has 1 aromatic carbocycles. The number of hydrogen-bond acceptors (Lipinski definition) is 3. The largest absolute Gasteiger partial charge is 0.352 e. The molecule has 1 rings (SSSR count). The first-order valence-corrected chi connectivity index (χ1v) is 7.24. The van der Waals surface area contributed by atoms with Crippen molar-refractivity contribution in [1.29, 1.82) is 0 Å². The zero-order valence-corrected chi connectivity index (χ0v) is 13.6. The van der Waals surface area contributed by atoms with Crippen molar-refractivity contribution < 1.29 is 14.4 Å². The molecule has 0 fully saturated rings. The van der Waals surface area contributed by atoms with Crippen molar-refractivity contribution in [3.8, 4) is 0 Å². The lowest BCUT2D eigenvalue weighted by molar-refractivity contribution is -0.134. The Morgan fingerprint density at radius 2 is 1.77 bits per heavy atom. The maximum atomic E-state index is 11.9. The summed E-state index contributed by atoms with van der Waals surface area (Å²) < 4.78 is 0. The molecule has 0 saturated heterocycles. The molecule has 2 N–H and O–H groups in total. The Bertz CT molecular complexity index is 543. The van der Waals surface area contributed by atoms with Crippen LogP contribution in [0.2, 0.25) is 5.02 Å². The summed E-state index contributed by atoms with van der Waals surface area (Å²) in [5.41, 5.74) is 0.414. The SMILES string of the molecule is CC(C)NC(=O)CN(C)C(=O)CNC(=O)c1ccc(Cl)cc1. The van der Waals surface area contributed by atoms with E-state index in [2.05, 4.69) is 10.6 Å².